The van der Waals surface area contributed by atoms with Gasteiger partial charge in [0.2, 0.25) is 5.88 Å². The Labute approximate surface area is 97.3 Å². The summed E-state index contributed by atoms with van der Waals surface area (Å²) in [5, 5.41) is 0. The molecule has 0 radical (unpaired) electrons. The summed E-state index contributed by atoms with van der Waals surface area (Å²) in [6, 6.07) is 9.05. The Bertz CT molecular complexity index is 688. The van der Waals surface area contributed by atoms with Crippen LogP contribution in [0.5, 0.6) is 0 Å². The molecule has 0 N–H and O–H groups in total. The van der Waals surface area contributed by atoms with Crippen molar-refractivity contribution in [1.82, 2.24) is 0 Å². The van der Waals surface area contributed by atoms with Crippen LogP contribution in [0.25, 0.3) is 0 Å². The van der Waals surface area contributed by atoms with Gasteiger partial charge in [0.1, 0.15) is 4.90 Å². The van der Waals surface area contributed by atoms with E-state index in [1.165, 1.54) is 30.5 Å². The lowest BCUT2D eigenvalue weighted by atomic mass is 10.2. The van der Waals surface area contributed by atoms with Crippen LogP contribution in [0.15, 0.2) is 52.0 Å². The fourth-order valence-corrected chi connectivity index (χ4v) is 3.33. The van der Waals surface area contributed by atoms with Crippen molar-refractivity contribution >= 4 is 21.8 Å². The van der Waals surface area contributed by atoms with Gasteiger partial charge in [0.05, 0.1) is 11.8 Å². The van der Waals surface area contributed by atoms with Gasteiger partial charge in [-0.15, -0.1) is 0 Å². The molecule has 0 unspecified atom stereocenters. The lowest BCUT2D eigenvalue weighted by Crippen LogP contribution is -2.29. The zero-order valence-electron chi connectivity index (χ0n) is 8.53. The van der Waals surface area contributed by atoms with Crippen molar-refractivity contribution < 1.29 is 17.6 Å². The minimum absolute atomic E-state index is 0.00574. The second-order valence-corrected chi connectivity index (χ2v) is 5.28. The van der Waals surface area contributed by atoms with E-state index < -0.39 is 15.9 Å². The first kappa shape index (κ1) is 10.1. The third-order valence-electron chi connectivity index (χ3n) is 2.53. The van der Waals surface area contributed by atoms with Crippen LogP contribution >= 0.6 is 0 Å². The van der Waals surface area contributed by atoms with Crippen LogP contribution in [0.2, 0.25) is 0 Å². The first-order valence-electron chi connectivity index (χ1n) is 4.84. The standard InChI is InChI=1S/C11H7NO4S/c13-11-8-4-1-2-5-9(8)17(14,15)12(11)10-6-3-7-16-10/h1-7H. The van der Waals surface area contributed by atoms with Gasteiger partial charge in [-0.05, 0) is 18.2 Å². The SMILES string of the molecule is O=C1c2ccccc2S(=O)(=O)N1c1ccco1. The number of anilines is 1. The molecule has 2 heterocycles. The lowest BCUT2D eigenvalue weighted by molar-refractivity contribution is 0.100. The van der Waals surface area contributed by atoms with Gasteiger partial charge in [-0.2, -0.15) is 4.31 Å². The third kappa shape index (κ3) is 1.24. The largest absolute Gasteiger partial charge is 0.447 e. The third-order valence-corrected chi connectivity index (χ3v) is 4.26. The Morgan fingerprint density at radius 3 is 2.47 bits per heavy atom. The van der Waals surface area contributed by atoms with E-state index in [9.17, 15) is 13.2 Å². The van der Waals surface area contributed by atoms with E-state index in [0.29, 0.717) is 4.31 Å². The van der Waals surface area contributed by atoms with Crippen LogP contribution in [0.1, 0.15) is 10.4 Å². The highest BCUT2D eigenvalue weighted by Crippen LogP contribution is 2.34. The molecule has 5 nitrogen and oxygen atoms in total. The van der Waals surface area contributed by atoms with Crippen molar-refractivity contribution in [3.05, 3.63) is 48.2 Å². The lowest BCUT2D eigenvalue weighted by Gasteiger charge is -2.10. The molecule has 1 aliphatic heterocycles. The fraction of sp³-hybridized carbons (Fsp3) is 0. The van der Waals surface area contributed by atoms with Gasteiger partial charge in [-0.3, -0.25) is 4.79 Å². The summed E-state index contributed by atoms with van der Waals surface area (Å²) in [6.07, 6.45) is 1.32. The average molecular weight is 249 g/mol. The van der Waals surface area contributed by atoms with Gasteiger partial charge in [0.25, 0.3) is 15.9 Å². The molecule has 2 aromatic rings. The minimum Gasteiger partial charge on any atom is -0.447 e. The Kier molecular flexibility index (Phi) is 1.90. The van der Waals surface area contributed by atoms with Crippen molar-refractivity contribution in [3.63, 3.8) is 0 Å². The quantitative estimate of drug-likeness (QED) is 0.770. The number of hydrogen-bond donors (Lipinski definition) is 0. The van der Waals surface area contributed by atoms with E-state index in [0.717, 1.165) is 0 Å². The van der Waals surface area contributed by atoms with E-state index in [1.807, 2.05) is 0 Å². The highest BCUT2D eigenvalue weighted by atomic mass is 32.2. The topological polar surface area (TPSA) is 67.6 Å². The number of furan rings is 1. The molecule has 0 bridgehead atoms. The number of amides is 1. The van der Waals surface area contributed by atoms with Gasteiger partial charge >= 0.3 is 0 Å². The van der Waals surface area contributed by atoms with Gasteiger partial charge in [-0.25, -0.2) is 8.42 Å². The van der Waals surface area contributed by atoms with Crippen molar-refractivity contribution in [2.75, 3.05) is 4.31 Å². The molecule has 6 heteroatoms. The van der Waals surface area contributed by atoms with Gasteiger partial charge in [0.15, 0.2) is 0 Å². The van der Waals surface area contributed by atoms with Crippen LogP contribution in [-0.4, -0.2) is 14.3 Å². The number of rotatable bonds is 1. The molecule has 0 fully saturated rings. The van der Waals surface area contributed by atoms with Crippen LogP contribution in [0.3, 0.4) is 0 Å². The maximum Gasteiger partial charge on any atom is 0.276 e. The van der Waals surface area contributed by atoms with E-state index >= 15 is 0 Å². The Morgan fingerprint density at radius 1 is 1.06 bits per heavy atom. The predicted octanol–water partition coefficient (Wildman–Crippen LogP) is 1.63. The van der Waals surface area contributed by atoms with Crippen molar-refractivity contribution in [2.45, 2.75) is 4.90 Å². The van der Waals surface area contributed by atoms with Crippen LogP contribution in [0, 0.1) is 0 Å². The zero-order valence-corrected chi connectivity index (χ0v) is 9.35. The first-order chi connectivity index (χ1) is 8.12. The molecular formula is C11H7NO4S. The molecule has 1 aliphatic rings. The summed E-state index contributed by atoms with van der Waals surface area (Å²) in [7, 11) is -3.83. The Hall–Kier alpha value is -2.08. The maximum atomic E-state index is 12.1. The monoisotopic (exact) mass is 249 g/mol. The molecule has 1 aromatic carbocycles. The van der Waals surface area contributed by atoms with Crippen LogP contribution in [0.4, 0.5) is 5.88 Å². The highest BCUT2D eigenvalue weighted by molar-refractivity contribution is 7.94. The number of benzene rings is 1. The number of hydrogen-bond acceptors (Lipinski definition) is 4. The van der Waals surface area contributed by atoms with E-state index in [1.54, 1.807) is 12.1 Å². The van der Waals surface area contributed by atoms with Gasteiger partial charge in [0, 0.05) is 6.07 Å². The number of carbonyl (C=O) groups is 1. The summed E-state index contributed by atoms with van der Waals surface area (Å²) in [5.74, 6) is -0.582. The van der Waals surface area contributed by atoms with Crippen molar-refractivity contribution in [1.29, 1.82) is 0 Å². The second kappa shape index (κ2) is 3.21. The molecule has 1 aromatic heterocycles. The molecule has 17 heavy (non-hydrogen) atoms. The molecule has 0 aliphatic carbocycles. The molecule has 0 spiro atoms. The number of fused-ring (bicyclic) bond motifs is 1. The second-order valence-electron chi connectivity index (χ2n) is 3.52. The van der Waals surface area contributed by atoms with Crippen molar-refractivity contribution in [3.8, 4) is 0 Å². The Balaban J connectivity index is 2.28. The summed E-state index contributed by atoms with van der Waals surface area (Å²) >= 11 is 0. The molecule has 86 valence electrons. The summed E-state index contributed by atoms with van der Waals surface area (Å²) < 4.78 is 29.9. The molecular weight excluding hydrogens is 242 g/mol. The molecule has 3 rings (SSSR count). The van der Waals surface area contributed by atoms with Crippen LogP contribution < -0.4 is 4.31 Å². The smallest absolute Gasteiger partial charge is 0.276 e. The maximum absolute atomic E-state index is 12.1. The molecule has 0 atom stereocenters. The van der Waals surface area contributed by atoms with Crippen molar-refractivity contribution in [2.24, 2.45) is 0 Å². The fourth-order valence-electron chi connectivity index (χ4n) is 1.79. The zero-order chi connectivity index (χ0) is 12.0. The molecule has 1 amide bonds. The molecule has 0 saturated heterocycles. The first-order valence-corrected chi connectivity index (χ1v) is 6.28. The molecule has 0 saturated carbocycles. The van der Waals surface area contributed by atoms with Gasteiger partial charge < -0.3 is 4.42 Å². The summed E-state index contributed by atoms with van der Waals surface area (Å²) in [4.78, 5) is 12.0. The van der Waals surface area contributed by atoms with E-state index in [2.05, 4.69) is 0 Å². The van der Waals surface area contributed by atoms with Crippen LogP contribution in [-0.2, 0) is 10.0 Å². The number of carbonyl (C=O) groups excluding carboxylic acids is 1. The van der Waals surface area contributed by atoms with Gasteiger partial charge in [-0.1, -0.05) is 12.1 Å². The Morgan fingerprint density at radius 2 is 1.82 bits per heavy atom. The predicted molar refractivity (Wildman–Crippen MR) is 59.1 cm³/mol. The highest BCUT2D eigenvalue weighted by Gasteiger charge is 2.43. The van der Waals surface area contributed by atoms with E-state index in [-0.39, 0.29) is 16.3 Å². The summed E-state index contributed by atoms with van der Waals surface area (Å²) in [6.45, 7) is 0. The average Bonchev–Trinajstić information content (AvgIpc) is 2.87. The normalized spacial score (nSPS) is 17.2. The summed E-state index contributed by atoms with van der Waals surface area (Å²) in [5.41, 5.74) is 0.170. The number of sulfonamides is 1. The minimum atomic E-state index is -3.83. The number of nitrogens with zero attached hydrogens (tertiary/aromatic N) is 1. The van der Waals surface area contributed by atoms with E-state index in [4.69, 9.17) is 4.42 Å².